The highest BCUT2D eigenvalue weighted by atomic mass is 32.1. The predicted octanol–water partition coefficient (Wildman–Crippen LogP) is 6.88. The van der Waals surface area contributed by atoms with Gasteiger partial charge in [0.1, 0.15) is 22.8 Å². The molecule has 1 heterocycles. The average molecular weight is 758 g/mol. The van der Waals surface area contributed by atoms with Gasteiger partial charge in [0.2, 0.25) is 11.8 Å². The molecule has 0 spiro atoms. The molecule has 1 unspecified atom stereocenters. The maximum atomic E-state index is 14.6. The van der Waals surface area contributed by atoms with Gasteiger partial charge in [0, 0.05) is 37.0 Å². The fourth-order valence-electron chi connectivity index (χ4n) is 6.59. The van der Waals surface area contributed by atoms with Gasteiger partial charge in [0.25, 0.3) is 5.91 Å². The van der Waals surface area contributed by atoms with Gasteiger partial charge in [-0.3, -0.25) is 19.2 Å². The molecule has 2 rings (SSSR count). The molecular formula is C41H67N5O6S. The Hall–Kier alpha value is -3.35. The first-order chi connectivity index (χ1) is 25.2. The number of nitrogens with zero attached hydrogens (tertiary/aromatic N) is 2. The van der Waals surface area contributed by atoms with Crippen molar-refractivity contribution in [3.05, 3.63) is 52.0 Å². The van der Waals surface area contributed by atoms with Gasteiger partial charge in [-0.05, 0) is 56.0 Å². The Morgan fingerprint density at radius 2 is 1.53 bits per heavy atom. The molecule has 0 radical (unpaired) electrons. The van der Waals surface area contributed by atoms with Crippen LogP contribution >= 0.6 is 11.3 Å². The smallest absolute Gasteiger partial charge is 0.306 e. The molecule has 0 aliphatic carbocycles. The lowest BCUT2D eigenvalue weighted by Crippen LogP contribution is -2.59. The van der Waals surface area contributed by atoms with E-state index in [1.807, 2.05) is 69.9 Å². The Bertz CT molecular complexity index is 1400. The highest BCUT2D eigenvalue weighted by Gasteiger charge is 2.38. The Labute approximate surface area is 322 Å². The fraction of sp³-hybridized carbons (Fsp3) is 0.683. The molecule has 12 heteroatoms. The molecule has 2 aromatic rings. The molecule has 0 aliphatic heterocycles. The summed E-state index contributed by atoms with van der Waals surface area (Å²) in [6, 6.07) is 7.97. The Kier molecular flexibility index (Phi) is 20.3. The summed E-state index contributed by atoms with van der Waals surface area (Å²) in [4.78, 5) is 60.1. The van der Waals surface area contributed by atoms with Crippen molar-refractivity contribution in [1.29, 1.82) is 0 Å². The van der Waals surface area contributed by atoms with E-state index in [1.54, 1.807) is 19.4 Å². The van der Waals surface area contributed by atoms with Crippen molar-refractivity contribution < 1.29 is 29.0 Å². The zero-order valence-corrected chi connectivity index (χ0v) is 34.6. The molecular weight excluding hydrogens is 691 g/mol. The second-order valence-corrected chi connectivity index (χ2v) is 15.8. The van der Waals surface area contributed by atoms with Crippen LogP contribution in [0.4, 0.5) is 0 Å². The normalized spacial score (nSPS) is 16.1. The van der Waals surface area contributed by atoms with E-state index >= 15 is 0 Å². The second kappa shape index (κ2) is 23.4. The minimum Gasteiger partial charge on any atom is -0.481 e. The van der Waals surface area contributed by atoms with Crippen LogP contribution in [-0.4, -0.2) is 83.0 Å². The van der Waals surface area contributed by atoms with E-state index in [9.17, 15) is 24.3 Å². The van der Waals surface area contributed by atoms with Crippen LogP contribution in [0.1, 0.15) is 128 Å². The maximum absolute atomic E-state index is 14.6. The number of rotatable bonds is 25. The summed E-state index contributed by atoms with van der Waals surface area (Å²) in [5.41, 5.74) is 1.25. The fourth-order valence-corrected chi connectivity index (χ4v) is 7.45. The Morgan fingerprint density at radius 1 is 0.887 bits per heavy atom. The molecule has 3 amide bonds. The Morgan fingerprint density at radius 3 is 2.08 bits per heavy atom. The monoisotopic (exact) mass is 757 g/mol. The minimum atomic E-state index is -0.911. The number of likely N-dealkylation sites (N-methyl/N-ethyl adjacent to an activating group) is 1. The molecule has 0 fully saturated rings. The molecule has 1 aromatic heterocycles. The zero-order valence-electron chi connectivity index (χ0n) is 33.8. The number of benzene rings is 1. The van der Waals surface area contributed by atoms with E-state index < -0.39 is 36.1 Å². The van der Waals surface area contributed by atoms with Crippen molar-refractivity contribution in [2.45, 2.75) is 138 Å². The van der Waals surface area contributed by atoms with Gasteiger partial charge in [-0.2, -0.15) is 0 Å². The molecule has 53 heavy (non-hydrogen) atoms. The molecule has 0 bridgehead atoms. The number of carbonyl (C=O) groups is 4. The first-order valence-corrected chi connectivity index (χ1v) is 20.5. The molecule has 0 saturated heterocycles. The van der Waals surface area contributed by atoms with Crippen LogP contribution in [0.2, 0.25) is 0 Å². The van der Waals surface area contributed by atoms with Crippen LogP contribution in [0.3, 0.4) is 0 Å². The summed E-state index contributed by atoms with van der Waals surface area (Å²) in [6.45, 7) is 19.1. The van der Waals surface area contributed by atoms with Gasteiger partial charge in [-0.15, -0.1) is 11.3 Å². The third-order valence-corrected chi connectivity index (χ3v) is 11.2. The van der Waals surface area contributed by atoms with Crippen LogP contribution < -0.4 is 16.0 Å². The van der Waals surface area contributed by atoms with Crippen molar-refractivity contribution in [2.24, 2.45) is 23.7 Å². The quantitative estimate of drug-likeness (QED) is 0.0857. The highest BCUT2D eigenvalue weighted by molar-refractivity contribution is 7.09. The first-order valence-electron chi connectivity index (χ1n) is 19.6. The standard InChI is InChI=1S/C41H67N5O6S/c1-11-20-46(40(49)36(28(8)14-4)45-38(48)35(42-10)27(7)13-3)33(26(5)6)24-34(52-21-12-2)39-44-32(25-53-39)37(47)43-31(22-29(9)41(50)51)23-30-18-16-15-17-19-30/h15-19,25-29,31,33-36,42H,11-14,20-24H2,1-10H3,(H,43,47)(H,45,48)(H,50,51)/t27-,28-,29-,31+,33?,34+,35-,36-/m0/s1. The maximum Gasteiger partial charge on any atom is 0.306 e. The lowest BCUT2D eigenvalue weighted by molar-refractivity contribution is -0.142. The summed E-state index contributed by atoms with van der Waals surface area (Å²) in [6.07, 6.45) is 3.85. The summed E-state index contributed by atoms with van der Waals surface area (Å²) < 4.78 is 6.41. The highest BCUT2D eigenvalue weighted by Crippen LogP contribution is 2.32. The number of aliphatic carboxylic acids is 1. The van der Waals surface area contributed by atoms with Gasteiger partial charge in [0.15, 0.2) is 0 Å². The van der Waals surface area contributed by atoms with Crippen molar-refractivity contribution in [1.82, 2.24) is 25.8 Å². The van der Waals surface area contributed by atoms with E-state index in [0.29, 0.717) is 31.0 Å². The number of ether oxygens (including phenoxy) is 1. The van der Waals surface area contributed by atoms with Crippen LogP contribution in [0, 0.1) is 23.7 Å². The van der Waals surface area contributed by atoms with Crippen LogP contribution in [0.15, 0.2) is 35.7 Å². The number of amides is 3. The zero-order chi connectivity index (χ0) is 39.7. The molecule has 8 atom stereocenters. The lowest BCUT2D eigenvalue weighted by atomic mass is 9.91. The number of thiazole rings is 1. The first kappa shape index (κ1) is 45.8. The average Bonchev–Trinajstić information content (AvgIpc) is 3.63. The molecule has 298 valence electrons. The summed E-state index contributed by atoms with van der Waals surface area (Å²) >= 11 is 1.35. The third-order valence-electron chi connectivity index (χ3n) is 10.2. The SMILES string of the molecule is CCCO[C@H](CC(C(C)C)N(CCC)C(=O)[C@@H](NC(=O)[C@@H](NC)[C@@H](C)CC)[C@@H](C)CC)c1nc(C(=O)N[C@@H](Cc2ccccc2)C[C@H](C)C(=O)O)cs1. The minimum absolute atomic E-state index is 0.0642. The van der Waals surface area contributed by atoms with Crippen LogP contribution in [0.25, 0.3) is 0 Å². The number of carbonyl (C=O) groups excluding carboxylic acids is 3. The number of carboxylic acids is 1. The van der Waals surface area contributed by atoms with Gasteiger partial charge < -0.3 is 30.7 Å². The predicted molar refractivity (Wildman–Crippen MR) is 213 cm³/mol. The van der Waals surface area contributed by atoms with Crippen molar-refractivity contribution in [2.75, 3.05) is 20.2 Å². The number of hydrogen-bond donors (Lipinski definition) is 4. The topological polar surface area (TPSA) is 150 Å². The molecule has 0 aliphatic rings. The van der Waals surface area contributed by atoms with Gasteiger partial charge in [-0.25, -0.2) is 4.98 Å². The van der Waals surface area contributed by atoms with Crippen LogP contribution in [0.5, 0.6) is 0 Å². The molecule has 1 aromatic carbocycles. The largest absolute Gasteiger partial charge is 0.481 e. The van der Waals surface area contributed by atoms with E-state index in [1.165, 1.54) is 11.3 Å². The van der Waals surface area contributed by atoms with Crippen LogP contribution in [-0.2, 0) is 25.5 Å². The van der Waals surface area contributed by atoms with Gasteiger partial charge in [-0.1, -0.05) is 105 Å². The third kappa shape index (κ3) is 14.1. The number of hydrogen-bond acceptors (Lipinski definition) is 8. The van der Waals surface area contributed by atoms with E-state index in [-0.39, 0.29) is 53.6 Å². The van der Waals surface area contributed by atoms with Crippen molar-refractivity contribution in [3.8, 4) is 0 Å². The number of aromatic nitrogens is 1. The van der Waals surface area contributed by atoms with E-state index in [4.69, 9.17) is 9.72 Å². The molecule has 0 saturated carbocycles. The van der Waals surface area contributed by atoms with Crippen molar-refractivity contribution in [3.63, 3.8) is 0 Å². The Balaban J connectivity index is 2.40. The molecule has 4 N–H and O–H groups in total. The summed E-state index contributed by atoms with van der Waals surface area (Å²) in [5.74, 6) is -2.09. The van der Waals surface area contributed by atoms with Crippen molar-refractivity contribution >= 4 is 35.0 Å². The molecule has 11 nitrogen and oxygen atoms in total. The summed E-state index contributed by atoms with van der Waals surface area (Å²) in [7, 11) is 1.78. The number of carboxylic acid groups (broad SMARTS) is 1. The van der Waals surface area contributed by atoms with Gasteiger partial charge in [0.05, 0.1) is 12.0 Å². The van der Waals surface area contributed by atoms with E-state index in [2.05, 4.69) is 36.7 Å². The van der Waals surface area contributed by atoms with E-state index in [0.717, 1.165) is 31.2 Å². The number of nitrogens with one attached hydrogen (secondary N) is 3. The second-order valence-electron chi connectivity index (χ2n) is 14.9. The summed E-state index contributed by atoms with van der Waals surface area (Å²) in [5, 5.41) is 21.3. The lowest BCUT2D eigenvalue weighted by Gasteiger charge is -2.39. The van der Waals surface area contributed by atoms with Gasteiger partial charge >= 0.3 is 5.97 Å².